The summed E-state index contributed by atoms with van der Waals surface area (Å²) < 4.78 is 35.6. The molecule has 0 bridgehead atoms. The second-order valence-electron chi connectivity index (χ2n) is 5.51. The summed E-state index contributed by atoms with van der Waals surface area (Å²) in [6.45, 7) is 0. The van der Waals surface area contributed by atoms with Gasteiger partial charge < -0.3 is 8.60 Å². The quantitative estimate of drug-likeness (QED) is 0.466. The first-order valence-corrected chi connectivity index (χ1v) is 9.46. The molecule has 0 N–H and O–H groups in total. The highest BCUT2D eigenvalue weighted by molar-refractivity contribution is 7.87. The van der Waals surface area contributed by atoms with Gasteiger partial charge in [0.05, 0.1) is 0 Å². The van der Waals surface area contributed by atoms with E-state index >= 15 is 0 Å². The minimum absolute atomic E-state index is 0.0181. The molecule has 1 heterocycles. The average molecular weight is 386 g/mol. The van der Waals surface area contributed by atoms with Crippen molar-refractivity contribution in [1.82, 2.24) is 4.98 Å². The second-order valence-corrected chi connectivity index (χ2v) is 7.49. The summed E-state index contributed by atoms with van der Waals surface area (Å²) in [5.74, 6) is 0.599. The summed E-state index contributed by atoms with van der Waals surface area (Å²) in [7, 11) is -3.96. The van der Waals surface area contributed by atoms with E-state index in [2.05, 4.69) is 4.98 Å². The number of nitrogens with zero attached hydrogens (tertiary/aromatic N) is 1. The molecule has 0 saturated heterocycles. The van der Waals surface area contributed by atoms with E-state index in [9.17, 15) is 8.42 Å². The van der Waals surface area contributed by atoms with Crippen LogP contribution < -0.4 is 4.18 Å². The number of rotatable bonds is 4. The maximum Gasteiger partial charge on any atom is 0.339 e. The Hall–Kier alpha value is -2.83. The Morgan fingerprint density at radius 2 is 1.65 bits per heavy atom. The fourth-order valence-corrected chi connectivity index (χ4v) is 3.49. The molecule has 0 spiro atoms. The lowest BCUT2D eigenvalue weighted by molar-refractivity contribution is 0.486. The number of benzene rings is 3. The van der Waals surface area contributed by atoms with Crippen LogP contribution in [0.15, 0.2) is 82.1 Å². The predicted octanol–water partition coefficient (Wildman–Crippen LogP) is 4.92. The maximum absolute atomic E-state index is 12.4. The van der Waals surface area contributed by atoms with Crippen LogP contribution in [0.3, 0.4) is 0 Å². The third-order valence-electron chi connectivity index (χ3n) is 3.69. The topological polar surface area (TPSA) is 69.4 Å². The van der Waals surface area contributed by atoms with Crippen molar-refractivity contribution in [3.05, 3.63) is 77.8 Å². The molecule has 0 aliphatic carbocycles. The lowest BCUT2D eigenvalue weighted by atomic mass is 10.2. The van der Waals surface area contributed by atoms with Crippen LogP contribution in [0.4, 0.5) is 0 Å². The fraction of sp³-hybridized carbons (Fsp3) is 0. The minimum atomic E-state index is -3.96. The van der Waals surface area contributed by atoms with Crippen molar-refractivity contribution in [1.29, 1.82) is 0 Å². The summed E-state index contributed by atoms with van der Waals surface area (Å²) in [5, 5.41) is 0.445. The Kier molecular flexibility index (Phi) is 4.14. The lowest BCUT2D eigenvalue weighted by Crippen LogP contribution is -2.09. The predicted molar refractivity (Wildman–Crippen MR) is 98.7 cm³/mol. The minimum Gasteiger partial charge on any atom is -0.436 e. The van der Waals surface area contributed by atoms with Crippen LogP contribution in [0.5, 0.6) is 5.75 Å². The first-order chi connectivity index (χ1) is 12.5. The van der Waals surface area contributed by atoms with E-state index in [0.29, 0.717) is 22.0 Å². The third-order valence-corrected chi connectivity index (χ3v) is 5.20. The molecular formula is C19H12ClNO4S. The van der Waals surface area contributed by atoms with Crippen molar-refractivity contribution >= 4 is 32.8 Å². The van der Waals surface area contributed by atoms with Gasteiger partial charge in [0.2, 0.25) is 5.89 Å². The van der Waals surface area contributed by atoms with Gasteiger partial charge in [-0.1, -0.05) is 29.8 Å². The Labute approximate surface area is 154 Å². The van der Waals surface area contributed by atoms with Crippen molar-refractivity contribution in [2.24, 2.45) is 0 Å². The second kappa shape index (κ2) is 6.48. The summed E-state index contributed by atoms with van der Waals surface area (Å²) in [4.78, 5) is 4.42. The number of fused-ring (bicyclic) bond motifs is 1. The Morgan fingerprint density at radius 1 is 0.923 bits per heavy atom. The highest BCUT2D eigenvalue weighted by atomic mass is 35.5. The van der Waals surface area contributed by atoms with Crippen LogP contribution in [-0.2, 0) is 10.1 Å². The highest BCUT2D eigenvalue weighted by Crippen LogP contribution is 2.28. The monoisotopic (exact) mass is 385 g/mol. The van der Waals surface area contributed by atoms with Gasteiger partial charge in [-0.25, -0.2) is 4.98 Å². The Balaban J connectivity index is 1.66. The van der Waals surface area contributed by atoms with Crippen molar-refractivity contribution in [2.45, 2.75) is 4.90 Å². The van der Waals surface area contributed by atoms with Crippen molar-refractivity contribution in [3.8, 4) is 17.2 Å². The van der Waals surface area contributed by atoms with E-state index in [0.717, 1.165) is 5.56 Å². The molecule has 4 rings (SSSR count). The molecule has 5 nitrogen and oxygen atoms in total. The molecule has 7 heteroatoms. The van der Waals surface area contributed by atoms with Crippen LogP contribution in [0.2, 0.25) is 5.02 Å². The third kappa shape index (κ3) is 3.29. The SMILES string of the molecule is O=S(=O)(Oc1ccc2nc(-c3ccccc3)oc2c1)c1ccc(Cl)cc1. The van der Waals surface area contributed by atoms with Crippen molar-refractivity contribution in [3.63, 3.8) is 0 Å². The molecule has 0 aliphatic heterocycles. The molecule has 0 fully saturated rings. The van der Waals surface area contributed by atoms with Crippen LogP contribution in [0, 0.1) is 0 Å². The Morgan fingerprint density at radius 3 is 2.38 bits per heavy atom. The van der Waals surface area contributed by atoms with E-state index in [4.69, 9.17) is 20.2 Å². The normalized spacial score (nSPS) is 11.6. The van der Waals surface area contributed by atoms with Gasteiger partial charge in [-0.3, -0.25) is 0 Å². The molecule has 0 aliphatic rings. The molecular weight excluding hydrogens is 374 g/mol. The van der Waals surface area contributed by atoms with Gasteiger partial charge in [-0.15, -0.1) is 0 Å². The summed E-state index contributed by atoms with van der Waals surface area (Å²) in [6.07, 6.45) is 0. The molecule has 0 saturated carbocycles. The van der Waals surface area contributed by atoms with Gasteiger partial charge in [0.25, 0.3) is 0 Å². The summed E-state index contributed by atoms with van der Waals surface area (Å²) in [6, 6.07) is 19.9. The van der Waals surface area contributed by atoms with E-state index in [-0.39, 0.29) is 10.6 Å². The largest absolute Gasteiger partial charge is 0.436 e. The number of hydrogen-bond acceptors (Lipinski definition) is 5. The first-order valence-electron chi connectivity index (χ1n) is 7.67. The van der Waals surface area contributed by atoms with Gasteiger partial charge in [0, 0.05) is 16.7 Å². The van der Waals surface area contributed by atoms with Crippen LogP contribution in [0.1, 0.15) is 0 Å². The van der Waals surface area contributed by atoms with Gasteiger partial charge in [-0.2, -0.15) is 8.42 Å². The zero-order valence-electron chi connectivity index (χ0n) is 13.3. The van der Waals surface area contributed by atoms with Gasteiger partial charge in [0.1, 0.15) is 16.2 Å². The smallest absolute Gasteiger partial charge is 0.339 e. The number of halogens is 1. The van der Waals surface area contributed by atoms with E-state index in [1.165, 1.54) is 36.4 Å². The molecule has 0 radical (unpaired) electrons. The molecule has 0 atom stereocenters. The molecule has 0 amide bonds. The first kappa shape index (κ1) is 16.6. The molecule has 4 aromatic rings. The molecule has 26 heavy (non-hydrogen) atoms. The Bertz CT molecular complexity index is 1170. The highest BCUT2D eigenvalue weighted by Gasteiger charge is 2.17. The van der Waals surface area contributed by atoms with Gasteiger partial charge in [0.15, 0.2) is 5.58 Å². The van der Waals surface area contributed by atoms with E-state index < -0.39 is 10.1 Å². The van der Waals surface area contributed by atoms with Crippen LogP contribution in [0.25, 0.3) is 22.6 Å². The number of aromatic nitrogens is 1. The molecule has 0 unspecified atom stereocenters. The molecule has 3 aromatic carbocycles. The van der Waals surface area contributed by atoms with Gasteiger partial charge >= 0.3 is 10.1 Å². The summed E-state index contributed by atoms with van der Waals surface area (Å²) in [5.41, 5.74) is 1.88. The fourth-order valence-electron chi connectivity index (χ4n) is 2.44. The van der Waals surface area contributed by atoms with Crippen LogP contribution in [-0.4, -0.2) is 13.4 Å². The standard InChI is InChI=1S/C19H12ClNO4S/c20-14-6-9-16(10-7-14)26(22,23)25-15-8-11-17-18(12-15)24-19(21-17)13-4-2-1-3-5-13/h1-12H. The maximum atomic E-state index is 12.4. The van der Waals surface area contributed by atoms with Crippen LogP contribution >= 0.6 is 11.6 Å². The van der Waals surface area contributed by atoms with Crippen molar-refractivity contribution < 1.29 is 17.0 Å². The average Bonchev–Trinajstić information content (AvgIpc) is 3.06. The van der Waals surface area contributed by atoms with E-state index in [1.807, 2.05) is 30.3 Å². The number of oxazole rings is 1. The zero-order chi connectivity index (χ0) is 18.1. The van der Waals surface area contributed by atoms with Crippen molar-refractivity contribution in [2.75, 3.05) is 0 Å². The zero-order valence-corrected chi connectivity index (χ0v) is 14.9. The van der Waals surface area contributed by atoms with E-state index in [1.54, 1.807) is 6.07 Å². The molecule has 1 aromatic heterocycles. The molecule has 130 valence electrons. The number of hydrogen-bond donors (Lipinski definition) is 0. The summed E-state index contributed by atoms with van der Waals surface area (Å²) >= 11 is 5.79. The lowest BCUT2D eigenvalue weighted by Gasteiger charge is -2.06. The van der Waals surface area contributed by atoms with Gasteiger partial charge in [-0.05, 0) is 48.5 Å².